The number of hydrogen-bond acceptors (Lipinski definition) is 4. The van der Waals surface area contributed by atoms with Gasteiger partial charge >= 0.3 is 0 Å². The molecule has 1 saturated carbocycles. The molecular formula is C23H31N3O2. The van der Waals surface area contributed by atoms with Crippen molar-refractivity contribution in [2.45, 2.75) is 65.0 Å². The number of aromatic nitrogens is 1. The Morgan fingerprint density at radius 1 is 1.14 bits per heavy atom. The van der Waals surface area contributed by atoms with Gasteiger partial charge in [0.05, 0.1) is 5.69 Å². The minimum atomic E-state index is 0.165. The fourth-order valence-corrected chi connectivity index (χ4v) is 4.46. The summed E-state index contributed by atoms with van der Waals surface area (Å²) in [6, 6.07) is 8.60. The van der Waals surface area contributed by atoms with Crippen LogP contribution in [0.1, 0.15) is 55.5 Å². The molecule has 0 bridgehead atoms. The van der Waals surface area contributed by atoms with Crippen LogP contribution in [0.2, 0.25) is 0 Å². The maximum Gasteiger partial charge on any atom is 0.226 e. The molecule has 0 spiro atoms. The third-order valence-corrected chi connectivity index (χ3v) is 6.30. The molecule has 0 atom stereocenters. The molecule has 1 aliphatic carbocycles. The summed E-state index contributed by atoms with van der Waals surface area (Å²) >= 11 is 0. The van der Waals surface area contributed by atoms with Crippen molar-refractivity contribution in [3.63, 3.8) is 0 Å². The van der Waals surface area contributed by atoms with Crippen molar-refractivity contribution in [3.8, 4) is 11.5 Å². The Labute approximate surface area is 167 Å². The van der Waals surface area contributed by atoms with Crippen LogP contribution in [0.4, 0.5) is 0 Å². The molecule has 150 valence electrons. The van der Waals surface area contributed by atoms with Crippen LogP contribution >= 0.6 is 0 Å². The Hall–Kier alpha value is -2.14. The molecule has 2 aromatic rings. The fourth-order valence-electron chi connectivity index (χ4n) is 4.46. The standard InChI is InChI=1S/C23H31N3O2/c1-16-7-3-6-10-20(16)23-25-21(17(2)28-23)15-26-13-11-18(12-14-26)22(27)24-19-8-4-5-9-19/h3,6-7,10,18-19H,4-5,8-9,11-15H2,1-2H3,(H,24,27). The minimum Gasteiger partial charge on any atom is -0.441 e. The Balaban J connectivity index is 1.32. The van der Waals surface area contributed by atoms with Crippen LogP contribution < -0.4 is 5.32 Å². The molecule has 1 N–H and O–H groups in total. The van der Waals surface area contributed by atoms with E-state index >= 15 is 0 Å². The lowest BCUT2D eigenvalue weighted by molar-refractivity contribution is -0.127. The van der Waals surface area contributed by atoms with Gasteiger partial charge in [0.2, 0.25) is 11.8 Å². The summed E-state index contributed by atoms with van der Waals surface area (Å²) in [4.78, 5) is 19.7. The average Bonchev–Trinajstić information content (AvgIpc) is 3.33. The lowest BCUT2D eigenvalue weighted by Gasteiger charge is -2.31. The zero-order valence-corrected chi connectivity index (χ0v) is 17.0. The minimum absolute atomic E-state index is 0.165. The van der Waals surface area contributed by atoms with Crippen molar-refractivity contribution in [3.05, 3.63) is 41.3 Å². The van der Waals surface area contributed by atoms with Gasteiger partial charge in [-0.3, -0.25) is 9.69 Å². The van der Waals surface area contributed by atoms with Gasteiger partial charge in [-0.05, 0) is 64.3 Å². The third kappa shape index (κ3) is 4.30. The van der Waals surface area contributed by atoms with E-state index in [1.807, 2.05) is 19.1 Å². The second kappa shape index (κ2) is 8.48. The SMILES string of the molecule is Cc1ccccc1-c1nc(CN2CCC(C(=O)NC3CCCC3)CC2)c(C)o1. The van der Waals surface area contributed by atoms with Gasteiger partial charge in [-0.1, -0.05) is 31.0 Å². The number of piperidine rings is 1. The van der Waals surface area contributed by atoms with Crippen molar-refractivity contribution in [1.29, 1.82) is 0 Å². The van der Waals surface area contributed by atoms with Gasteiger partial charge in [-0.2, -0.15) is 0 Å². The third-order valence-electron chi connectivity index (χ3n) is 6.30. The number of benzene rings is 1. The van der Waals surface area contributed by atoms with E-state index in [2.05, 4.69) is 29.3 Å². The van der Waals surface area contributed by atoms with Gasteiger partial charge in [0.1, 0.15) is 5.76 Å². The Kier molecular flexibility index (Phi) is 5.81. The molecule has 1 aliphatic heterocycles. The maximum atomic E-state index is 12.5. The summed E-state index contributed by atoms with van der Waals surface area (Å²) in [5.41, 5.74) is 3.23. The summed E-state index contributed by atoms with van der Waals surface area (Å²) in [6.07, 6.45) is 6.68. The first kappa shape index (κ1) is 19.2. The molecule has 1 aromatic carbocycles. The number of nitrogens with zero attached hydrogens (tertiary/aromatic N) is 2. The molecule has 2 heterocycles. The van der Waals surface area contributed by atoms with Crippen molar-refractivity contribution in [1.82, 2.24) is 15.2 Å². The van der Waals surface area contributed by atoms with Crippen LogP contribution in [0.5, 0.6) is 0 Å². The van der Waals surface area contributed by atoms with E-state index < -0.39 is 0 Å². The molecule has 2 fully saturated rings. The quantitative estimate of drug-likeness (QED) is 0.842. The number of oxazole rings is 1. The number of amides is 1. The first-order valence-corrected chi connectivity index (χ1v) is 10.6. The molecule has 1 amide bonds. The van der Waals surface area contributed by atoms with Gasteiger partial charge in [-0.15, -0.1) is 0 Å². The number of likely N-dealkylation sites (tertiary alicyclic amines) is 1. The highest BCUT2D eigenvalue weighted by molar-refractivity contribution is 5.79. The van der Waals surface area contributed by atoms with Crippen LogP contribution in [-0.2, 0) is 11.3 Å². The number of aryl methyl sites for hydroxylation is 2. The van der Waals surface area contributed by atoms with Gasteiger partial charge in [-0.25, -0.2) is 4.98 Å². The maximum absolute atomic E-state index is 12.5. The van der Waals surface area contributed by atoms with Gasteiger partial charge in [0.15, 0.2) is 0 Å². The molecule has 5 nitrogen and oxygen atoms in total. The number of carbonyl (C=O) groups is 1. The molecule has 4 rings (SSSR count). The molecule has 0 unspecified atom stereocenters. The normalized spacial score (nSPS) is 19.2. The summed E-state index contributed by atoms with van der Waals surface area (Å²) < 4.78 is 5.95. The zero-order chi connectivity index (χ0) is 19.5. The van der Waals surface area contributed by atoms with E-state index in [9.17, 15) is 4.79 Å². The van der Waals surface area contributed by atoms with Gasteiger partial charge < -0.3 is 9.73 Å². The monoisotopic (exact) mass is 381 g/mol. The highest BCUT2D eigenvalue weighted by atomic mass is 16.4. The van der Waals surface area contributed by atoms with E-state index in [0.29, 0.717) is 11.9 Å². The second-order valence-corrected chi connectivity index (χ2v) is 8.38. The van der Waals surface area contributed by atoms with Crippen LogP contribution in [-0.4, -0.2) is 34.9 Å². The smallest absolute Gasteiger partial charge is 0.226 e. The Morgan fingerprint density at radius 2 is 1.86 bits per heavy atom. The predicted octanol–water partition coefficient (Wildman–Crippen LogP) is 4.23. The molecule has 0 radical (unpaired) electrons. The van der Waals surface area contributed by atoms with Crippen molar-refractivity contribution in [2.75, 3.05) is 13.1 Å². The van der Waals surface area contributed by atoms with Gasteiger partial charge in [0.25, 0.3) is 0 Å². The average molecular weight is 382 g/mol. The molecule has 2 aliphatic rings. The van der Waals surface area contributed by atoms with E-state index in [1.54, 1.807) is 0 Å². The van der Waals surface area contributed by atoms with Crippen LogP contribution in [0.3, 0.4) is 0 Å². The summed E-state index contributed by atoms with van der Waals surface area (Å²) in [5.74, 6) is 2.03. The number of rotatable bonds is 5. The first-order valence-electron chi connectivity index (χ1n) is 10.6. The van der Waals surface area contributed by atoms with Crippen LogP contribution in [0.25, 0.3) is 11.5 Å². The summed E-state index contributed by atoms with van der Waals surface area (Å²) in [7, 11) is 0. The molecular weight excluding hydrogens is 350 g/mol. The van der Waals surface area contributed by atoms with E-state index in [1.165, 1.54) is 18.4 Å². The highest BCUT2D eigenvalue weighted by Gasteiger charge is 2.28. The van der Waals surface area contributed by atoms with Crippen molar-refractivity contribution < 1.29 is 9.21 Å². The molecule has 5 heteroatoms. The van der Waals surface area contributed by atoms with Crippen LogP contribution in [0.15, 0.2) is 28.7 Å². The predicted molar refractivity (Wildman–Crippen MR) is 110 cm³/mol. The molecule has 1 saturated heterocycles. The lowest BCUT2D eigenvalue weighted by atomic mass is 9.95. The first-order chi connectivity index (χ1) is 13.6. The second-order valence-electron chi connectivity index (χ2n) is 8.38. The van der Waals surface area contributed by atoms with Crippen molar-refractivity contribution >= 4 is 5.91 Å². The largest absolute Gasteiger partial charge is 0.441 e. The van der Waals surface area contributed by atoms with E-state index in [-0.39, 0.29) is 11.8 Å². The van der Waals surface area contributed by atoms with E-state index in [4.69, 9.17) is 9.40 Å². The zero-order valence-electron chi connectivity index (χ0n) is 17.0. The van der Waals surface area contributed by atoms with Gasteiger partial charge in [0, 0.05) is 24.1 Å². The molecule has 28 heavy (non-hydrogen) atoms. The molecule has 1 aromatic heterocycles. The number of hydrogen-bond donors (Lipinski definition) is 1. The van der Waals surface area contributed by atoms with E-state index in [0.717, 1.165) is 62.3 Å². The summed E-state index contributed by atoms with van der Waals surface area (Å²) in [5, 5.41) is 3.26. The lowest BCUT2D eigenvalue weighted by Crippen LogP contribution is -2.43. The van der Waals surface area contributed by atoms with Crippen LogP contribution in [0, 0.1) is 19.8 Å². The Bertz CT molecular complexity index is 815. The highest BCUT2D eigenvalue weighted by Crippen LogP contribution is 2.27. The van der Waals surface area contributed by atoms with Crippen molar-refractivity contribution in [2.24, 2.45) is 5.92 Å². The topological polar surface area (TPSA) is 58.4 Å². The summed E-state index contributed by atoms with van der Waals surface area (Å²) in [6.45, 7) is 6.74. The fraction of sp³-hybridized carbons (Fsp3) is 0.565. The number of nitrogens with one attached hydrogen (secondary N) is 1. The Morgan fingerprint density at radius 3 is 2.57 bits per heavy atom. The number of carbonyl (C=O) groups excluding carboxylic acids is 1.